The van der Waals surface area contributed by atoms with Crippen molar-refractivity contribution in [3.8, 4) is 0 Å². The van der Waals surface area contributed by atoms with E-state index >= 15 is 0 Å². The van der Waals surface area contributed by atoms with Gasteiger partial charge in [0.05, 0.1) is 5.92 Å². The minimum atomic E-state index is -0.134. The Bertz CT molecular complexity index is 465. The molecule has 1 aromatic heterocycles. The molecule has 5 heteroatoms. The van der Waals surface area contributed by atoms with Crippen LogP contribution in [-0.4, -0.2) is 29.1 Å². The van der Waals surface area contributed by atoms with Crippen molar-refractivity contribution < 1.29 is 4.79 Å². The molecular weight excluding hydrogens is 224 g/mol. The summed E-state index contributed by atoms with van der Waals surface area (Å²) < 4.78 is 1.38. The number of thioether (sulfide) groups is 1. The van der Waals surface area contributed by atoms with Crippen molar-refractivity contribution in [1.82, 2.24) is 4.68 Å². The number of hydrogen-bond acceptors (Lipinski definition) is 3. The van der Waals surface area contributed by atoms with Crippen LogP contribution < -0.4 is 10.6 Å². The Hall–Kier alpha value is -1.23. The summed E-state index contributed by atoms with van der Waals surface area (Å²) in [5.41, 5.74) is 0.510. The van der Waals surface area contributed by atoms with Crippen molar-refractivity contribution in [2.45, 2.75) is 6.92 Å². The van der Waals surface area contributed by atoms with Crippen LogP contribution in [0.3, 0.4) is 0 Å². The first kappa shape index (κ1) is 11.3. The number of rotatable bonds is 2. The van der Waals surface area contributed by atoms with E-state index in [0.717, 1.165) is 11.5 Å². The van der Waals surface area contributed by atoms with Gasteiger partial charge in [-0.2, -0.15) is 11.8 Å². The normalized spacial score (nSPS) is 15.6. The maximum absolute atomic E-state index is 11.9. The zero-order valence-electron chi connectivity index (χ0n) is 9.34. The van der Waals surface area contributed by atoms with Crippen LogP contribution >= 0.6 is 11.8 Å². The summed E-state index contributed by atoms with van der Waals surface area (Å²) in [6.07, 6.45) is 1.62. The summed E-state index contributed by atoms with van der Waals surface area (Å²) in [5, 5.41) is 1.42. The highest BCUT2D eigenvalue weighted by Gasteiger charge is 2.29. The fourth-order valence-electron chi connectivity index (χ4n) is 1.57. The molecule has 2 heterocycles. The van der Waals surface area contributed by atoms with Gasteiger partial charge in [0, 0.05) is 30.3 Å². The van der Waals surface area contributed by atoms with Gasteiger partial charge in [0.1, 0.15) is 0 Å². The van der Waals surface area contributed by atoms with Crippen molar-refractivity contribution in [3.63, 3.8) is 0 Å². The van der Waals surface area contributed by atoms with E-state index < -0.39 is 0 Å². The number of aryl methyl sites for hydroxylation is 1. The van der Waals surface area contributed by atoms with Gasteiger partial charge < -0.3 is 0 Å². The molecule has 0 bridgehead atoms. The van der Waals surface area contributed by atoms with Gasteiger partial charge in [-0.05, 0) is 13.0 Å². The maximum Gasteiger partial charge on any atom is 0.272 e. The largest absolute Gasteiger partial charge is 0.273 e. The molecule has 0 N–H and O–H groups in total. The number of carbonyl (C=O) groups is 1. The molecule has 0 spiro atoms. The summed E-state index contributed by atoms with van der Waals surface area (Å²) in [6, 6.07) is 3.52. The highest BCUT2D eigenvalue weighted by Crippen LogP contribution is 2.25. The predicted octanol–water partition coefficient (Wildman–Crippen LogP) is 0.614. The van der Waals surface area contributed by atoms with Gasteiger partial charge in [-0.1, -0.05) is 6.07 Å². The lowest BCUT2D eigenvalue weighted by Gasteiger charge is -2.29. The van der Waals surface area contributed by atoms with Crippen LogP contribution in [0.5, 0.6) is 0 Å². The molecule has 1 aromatic rings. The number of amides is 1. The molecule has 1 saturated heterocycles. The third kappa shape index (κ3) is 1.87. The van der Waals surface area contributed by atoms with E-state index in [1.165, 1.54) is 9.69 Å². The van der Waals surface area contributed by atoms with Gasteiger partial charge in [0.25, 0.3) is 5.56 Å². The first-order valence-corrected chi connectivity index (χ1v) is 6.30. The lowest BCUT2D eigenvalue weighted by molar-refractivity contribution is -0.122. The van der Waals surface area contributed by atoms with E-state index in [-0.39, 0.29) is 17.4 Å². The molecule has 4 nitrogen and oxygen atoms in total. The molecule has 0 atom stereocenters. The topological polar surface area (TPSA) is 42.3 Å². The molecule has 1 aliphatic rings. The Kier molecular flexibility index (Phi) is 3.05. The van der Waals surface area contributed by atoms with Crippen LogP contribution in [0.15, 0.2) is 23.1 Å². The Morgan fingerprint density at radius 3 is 2.81 bits per heavy atom. The van der Waals surface area contributed by atoms with Gasteiger partial charge in [0.15, 0.2) is 0 Å². The van der Waals surface area contributed by atoms with E-state index in [9.17, 15) is 9.59 Å². The summed E-state index contributed by atoms with van der Waals surface area (Å²) in [4.78, 5) is 23.7. The molecule has 1 fully saturated rings. The predicted molar refractivity (Wildman–Crippen MR) is 65.4 cm³/mol. The Balaban J connectivity index is 2.26. The summed E-state index contributed by atoms with van der Waals surface area (Å²) in [6.45, 7) is 1.75. The van der Waals surface area contributed by atoms with Crippen LogP contribution in [0, 0.1) is 12.8 Å². The van der Waals surface area contributed by atoms with Gasteiger partial charge in [-0.15, -0.1) is 0 Å². The van der Waals surface area contributed by atoms with E-state index in [1.54, 1.807) is 44.1 Å². The molecule has 0 aliphatic carbocycles. The lowest BCUT2D eigenvalue weighted by Crippen LogP contribution is -2.49. The third-order valence-electron chi connectivity index (χ3n) is 2.75. The van der Waals surface area contributed by atoms with Crippen molar-refractivity contribution in [1.29, 1.82) is 0 Å². The van der Waals surface area contributed by atoms with Crippen molar-refractivity contribution in [2.24, 2.45) is 5.92 Å². The number of pyridine rings is 1. The minimum absolute atomic E-state index is 0.0199. The molecule has 0 radical (unpaired) electrons. The van der Waals surface area contributed by atoms with Crippen molar-refractivity contribution in [3.05, 3.63) is 34.2 Å². The number of hydrogen-bond donors (Lipinski definition) is 0. The van der Waals surface area contributed by atoms with Crippen LogP contribution in [0.4, 0.5) is 0 Å². The van der Waals surface area contributed by atoms with Crippen LogP contribution in [0.1, 0.15) is 5.56 Å². The molecule has 0 aromatic carbocycles. The van der Waals surface area contributed by atoms with Crippen LogP contribution in [0.25, 0.3) is 0 Å². The number of carbonyl (C=O) groups excluding carboxylic acids is 1. The van der Waals surface area contributed by atoms with Crippen molar-refractivity contribution in [2.75, 3.05) is 23.6 Å². The molecule has 1 amide bonds. The van der Waals surface area contributed by atoms with Gasteiger partial charge in [-0.25, -0.2) is 9.69 Å². The molecule has 86 valence electrons. The summed E-state index contributed by atoms with van der Waals surface area (Å²) >= 11 is 1.76. The number of aromatic nitrogens is 1. The van der Waals surface area contributed by atoms with Crippen molar-refractivity contribution >= 4 is 17.7 Å². The second kappa shape index (κ2) is 4.33. The molecule has 0 unspecified atom stereocenters. The smallest absolute Gasteiger partial charge is 0.272 e. The zero-order chi connectivity index (χ0) is 11.7. The fourth-order valence-corrected chi connectivity index (χ4v) is 2.33. The first-order valence-electron chi connectivity index (χ1n) is 5.15. The van der Waals surface area contributed by atoms with Crippen LogP contribution in [0.2, 0.25) is 0 Å². The quantitative estimate of drug-likeness (QED) is 0.758. The summed E-state index contributed by atoms with van der Waals surface area (Å²) in [7, 11) is 1.64. The standard InChI is InChI=1S/C11H14N2O2S/c1-8-4-3-5-13(10(8)14)12(2)11(15)9-6-16-7-9/h3-5,9H,6-7H2,1-2H3. The van der Waals surface area contributed by atoms with Gasteiger partial charge in [-0.3, -0.25) is 9.59 Å². The molecule has 0 saturated carbocycles. The molecule has 1 aliphatic heterocycles. The van der Waals surface area contributed by atoms with E-state index in [0.29, 0.717) is 5.56 Å². The Labute approximate surface area is 98.2 Å². The van der Waals surface area contributed by atoms with E-state index in [1.807, 2.05) is 0 Å². The first-order chi connectivity index (χ1) is 7.61. The minimum Gasteiger partial charge on any atom is -0.273 e. The highest BCUT2D eigenvalue weighted by molar-refractivity contribution is 8.00. The van der Waals surface area contributed by atoms with Gasteiger partial charge in [0.2, 0.25) is 5.91 Å². The third-order valence-corrected chi connectivity index (χ3v) is 4.02. The number of nitrogens with zero attached hydrogens (tertiary/aromatic N) is 2. The maximum atomic E-state index is 11.9. The SMILES string of the molecule is Cc1cccn(N(C)C(=O)C2CSC2)c1=O. The zero-order valence-corrected chi connectivity index (χ0v) is 10.2. The fraction of sp³-hybridized carbons (Fsp3) is 0.455. The van der Waals surface area contributed by atoms with E-state index in [2.05, 4.69) is 0 Å². The Morgan fingerprint density at radius 1 is 1.56 bits per heavy atom. The second-order valence-electron chi connectivity index (χ2n) is 3.94. The average Bonchev–Trinajstić information content (AvgIpc) is 2.18. The average molecular weight is 238 g/mol. The van der Waals surface area contributed by atoms with E-state index in [4.69, 9.17) is 0 Å². The Morgan fingerprint density at radius 2 is 2.25 bits per heavy atom. The molecule has 16 heavy (non-hydrogen) atoms. The lowest BCUT2D eigenvalue weighted by atomic mass is 10.2. The van der Waals surface area contributed by atoms with Gasteiger partial charge >= 0.3 is 0 Å². The molecular formula is C11H14N2O2S. The monoisotopic (exact) mass is 238 g/mol. The molecule has 2 rings (SSSR count). The van der Waals surface area contributed by atoms with Crippen LogP contribution in [-0.2, 0) is 4.79 Å². The summed E-state index contributed by atoms with van der Waals surface area (Å²) in [5.74, 6) is 1.82. The highest BCUT2D eigenvalue weighted by atomic mass is 32.2. The second-order valence-corrected chi connectivity index (χ2v) is 5.01.